The molecule has 0 bridgehead atoms. The third-order valence-corrected chi connectivity index (χ3v) is 2.41. The Balaban J connectivity index is 2.68. The second-order valence-corrected chi connectivity index (χ2v) is 5.40. The molecule has 0 fully saturated rings. The summed E-state index contributed by atoms with van der Waals surface area (Å²) in [6.07, 6.45) is 3.87. The molecule has 0 radical (unpaired) electrons. The van der Waals surface area contributed by atoms with E-state index in [2.05, 4.69) is 4.98 Å². The van der Waals surface area contributed by atoms with Crippen molar-refractivity contribution >= 4 is 6.09 Å². The van der Waals surface area contributed by atoms with Crippen LogP contribution in [0.2, 0.25) is 0 Å². The first-order valence-electron chi connectivity index (χ1n) is 6.49. The Morgan fingerprint density at radius 3 is 2.53 bits per heavy atom. The number of carbonyl (C=O) groups is 1. The zero-order valence-corrected chi connectivity index (χ0v) is 11.9. The average molecular weight is 265 g/mol. The lowest BCUT2D eigenvalue weighted by Crippen LogP contribution is -2.37. The molecule has 0 aliphatic heterocycles. The lowest BCUT2D eigenvalue weighted by atomic mass is 10.2. The summed E-state index contributed by atoms with van der Waals surface area (Å²) in [5.74, 6) is 0. The van der Waals surface area contributed by atoms with E-state index in [9.17, 15) is 4.79 Å². The van der Waals surface area contributed by atoms with Crippen molar-refractivity contribution in [3.8, 4) is 0 Å². The number of ether oxygens (including phenoxy) is 1. The third kappa shape index (κ3) is 6.20. The van der Waals surface area contributed by atoms with Crippen LogP contribution in [0.15, 0.2) is 24.5 Å². The van der Waals surface area contributed by atoms with Gasteiger partial charge >= 0.3 is 6.09 Å². The van der Waals surface area contributed by atoms with E-state index < -0.39 is 5.60 Å². The molecular weight excluding hydrogens is 242 g/mol. The highest BCUT2D eigenvalue weighted by molar-refractivity contribution is 5.68. The normalized spacial score (nSPS) is 11.2. The maximum absolute atomic E-state index is 12.1. The van der Waals surface area contributed by atoms with Crippen molar-refractivity contribution in [1.82, 2.24) is 9.88 Å². The zero-order chi connectivity index (χ0) is 14.3. The summed E-state index contributed by atoms with van der Waals surface area (Å²) in [6.45, 7) is 7.23. The van der Waals surface area contributed by atoms with Crippen molar-refractivity contribution < 1.29 is 9.53 Å². The molecule has 106 valence electrons. The van der Waals surface area contributed by atoms with Gasteiger partial charge in [0.05, 0.1) is 0 Å². The number of nitrogens with two attached hydrogens (primary N) is 1. The van der Waals surface area contributed by atoms with E-state index in [1.807, 2.05) is 32.9 Å². The number of amides is 1. The van der Waals surface area contributed by atoms with Gasteiger partial charge in [-0.05, 0) is 51.4 Å². The van der Waals surface area contributed by atoms with Crippen LogP contribution in [0.3, 0.4) is 0 Å². The number of hydrogen-bond donors (Lipinski definition) is 1. The first kappa shape index (κ1) is 15.4. The standard InChI is InChI=1S/C14H23N3O2/c1-14(2,3)19-13(18)17(10-4-7-15)11-12-5-8-16-9-6-12/h5-6,8-9H,4,7,10-11,15H2,1-3H3. The van der Waals surface area contributed by atoms with Crippen LogP contribution in [0.4, 0.5) is 4.79 Å². The van der Waals surface area contributed by atoms with Crippen LogP contribution in [-0.2, 0) is 11.3 Å². The number of rotatable bonds is 5. The van der Waals surface area contributed by atoms with Gasteiger partial charge in [-0.25, -0.2) is 4.79 Å². The second-order valence-electron chi connectivity index (χ2n) is 5.40. The van der Waals surface area contributed by atoms with Crippen molar-refractivity contribution in [2.75, 3.05) is 13.1 Å². The Bertz CT molecular complexity index is 387. The van der Waals surface area contributed by atoms with E-state index in [0.29, 0.717) is 19.6 Å². The third-order valence-electron chi connectivity index (χ3n) is 2.41. The maximum atomic E-state index is 12.1. The molecule has 2 N–H and O–H groups in total. The zero-order valence-electron chi connectivity index (χ0n) is 11.9. The SMILES string of the molecule is CC(C)(C)OC(=O)N(CCCN)Cc1ccncc1. The summed E-state index contributed by atoms with van der Waals surface area (Å²) >= 11 is 0. The highest BCUT2D eigenvalue weighted by atomic mass is 16.6. The molecule has 1 aromatic rings. The van der Waals surface area contributed by atoms with Gasteiger partial charge in [0.1, 0.15) is 5.60 Å². The predicted octanol–water partition coefficient (Wildman–Crippen LogP) is 2.17. The summed E-state index contributed by atoms with van der Waals surface area (Å²) in [6, 6.07) is 3.78. The van der Waals surface area contributed by atoms with E-state index in [1.54, 1.807) is 17.3 Å². The fourth-order valence-corrected chi connectivity index (χ4v) is 1.55. The van der Waals surface area contributed by atoms with Crippen LogP contribution >= 0.6 is 0 Å². The summed E-state index contributed by atoms with van der Waals surface area (Å²) in [5.41, 5.74) is 6.04. The lowest BCUT2D eigenvalue weighted by Gasteiger charge is -2.27. The van der Waals surface area contributed by atoms with Crippen LogP contribution in [0.1, 0.15) is 32.8 Å². The van der Waals surface area contributed by atoms with Crippen molar-refractivity contribution in [2.24, 2.45) is 5.73 Å². The molecule has 1 rings (SSSR count). The van der Waals surface area contributed by atoms with Gasteiger partial charge in [-0.2, -0.15) is 0 Å². The van der Waals surface area contributed by atoms with Gasteiger partial charge in [-0.3, -0.25) is 4.98 Å². The molecule has 0 aliphatic carbocycles. The highest BCUT2D eigenvalue weighted by Gasteiger charge is 2.21. The van der Waals surface area contributed by atoms with Crippen LogP contribution in [0, 0.1) is 0 Å². The quantitative estimate of drug-likeness (QED) is 0.886. The summed E-state index contributed by atoms with van der Waals surface area (Å²) < 4.78 is 5.40. The summed E-state index contributed by atoms with van der Waals surface area (Å²) in [5, 5.41) is 0. The predicted molar refractivity (Wildman–Crippen MR) is 74.6 cm³/mol. The topological polar surface area (TPSA) is 68.5 Å². The molecule has 1 aromatic heterocycles. The van der Waals surface area contributed by atoms with Gasteiger partial charge in [0.25, 0.3) is 0 Å². The molecule has 1 heterocycles. The number of nitrogens with zero attached hydrogens (tertiary/aromatic N) is 2. The maximum Gasteiger partial charge on any atom is 0.410 e. The lowest BCUT2D eigenvalue weighted by molar-refractivity contribution is 0.0232. The molecule has 0 aliphatic rings. The number of carbonyl (C=O) groups excluding carboxylic acids is 1. The van der Waals surface area contributed by atoms with E-state index in [4.69, 9.17) is 10.5 Å². The minimum Gasteiger partial charge on any atom is -0.444 e. The van der Waals surface area contributed by atoms with Gasteiger partial charge in [0.2, 0.25) is 0 Å². The molecule has 0 unspecified atom stereocenters. The Morgan fingerprint density at radius 1 is 1.37 bits per heavy atom. The van der Waals surface area contributed by atoms with Crippen molar-refractivity contribution in [3.05, 3.63) is 30.1 Å². The molecule has 19 heavy (non-hydrogen) atoms. The van der Waals surface area contributed by atoms with E-state index in [-0.39, 0.29) is 6.09 Å². The largest absolute Gasteiger partial charge is 0.444 e. The minimum atomic E-state index is -0.490. The Labute approximate surface area is 114 Å². The second kappa shape index (κ2) is 7.09. The van der Waals surface area contributed by atoms with E-state index >= 15 is 0 Å². The smallest absolute Gasteiger partial charge is 0.410 e. The number of pyridine rings is 1. The van der Waals surface area contributed by atoms with Crippen LogP contribution < -0.4 is 5.73 Å². The van der Waals surface area contributed by atoms with Gasteiger partial charge in [-0.1, -0.05) is 0 Å². The van der Waals surface area contributed by atoms with Gasteiger partial charge < -0.3 is 15.4 Å². The fourth-order valence-electron chi connectivity index (χ4n) is 1.55. The Hall–Kier alpha value is -1.62. The summed E-state index contributed by atoms with van der Waals surface area (Å²) in [7, 11) is 0. The Kier molecular flexibility index (Phi) is 5.76. The van der Waals surface area contributed by atoms with Crippen molar-refractivity contribution in [2.45, 2.75) is 39.3 Å². The molecule has 5 nitrogen and oxygen atoms in total. The van der Waals surface area contributed by atoms with Gasteiger partial charge in [-0.15, -0.1) is 0 Å². The Morgan fingerprint density at radius 2 is 2.00 bits per heavy atom. The van der Waals surface area contributed by atoms with E-state index in [1.165, 1.54) is 0 Å². The molecule has 0 spiro atoms. The number of aromatic nitrogens is 1. The monoisotopic (exact) mass is 265 g/mol. The van der Waals surface area contributed by atoms with Gasteiger partial charge in [0, 0.05) is 25.5 Å². The van der Waals surface area contributed by atoms with Crippen molar-refractivity contribution in [3.63, 3.8) is 0 Å². The average Bonchev–Trinajstić information content (AvgIpc) is 2.33. The first-order valence-corrected chi connectivity index (χ1v) is 6.49. The minimum absolute atomic E-state index is 0.308. The molecule has 0 aromatic carbocycles. The molecule has 5 heteroatoms. The number of hydrogen-bond acceptors (Lipinski definition) is 4. The van der Waals surface area contributed by atoms with Crippen molar-refractivity contribution in [1.29, 1.82) is 0 Å². The molecule has 0 saturated heterocycles. The molecule has 1 amide bonds. The summed E-state index contributed by atoms with van der Waals surface area (Å²) in [4.78, 5) is 17.8. The fraction of sp³-hybridized carbons (Fsp3) is 0.571. The van der Waals surface area contributed by atoms with E-state index in [0.717, 1.165) is 12.0 Å². The molecule has 0 saturated carbocycles. The van der Waals surface area contributed by atoms with Crippen LogP contribution in [0.25, 0.3) is 0 Å². The first-order chi connectivity index (χ1) is 8.92. The molecule has 0 atom stereocenters. The van der Waals surface area contributed by atoms with Crippen LogP contribution in [0.5, 0.6) is 0 Å². The van der Waals surface area contributed by atoms with Gasteiger partial charge in [0.15, 0.2) is 0 Å². The highest BCUT2D eigenvalue weighted by Crippen LogP contribution is 2.12. The molecular formula is C14H23N3O2. The van der Waals surface area contributed by atoms with Crippen LogP contribution in [-0.4, -0.2) is 34.7 Å².